The molecule has 3 fully saturated rings. The van der Waals surface area contributed by atoms with Crippen LogP contribution in [-0.2, 0) is 38.1 Å². The summed E-state index contributed by atoms with van der Waals surface area (Å²) < 4.78 is 27.1. The highest BCUT2D eigenvalue weighted by Crippen LogP contribution is 2.67. The molecule has 0 aromatic heterocycles. The highest BCUT2D eigenvalue weighted by Gasteiger charge is 2.79. The van der Waals surface area contributed by atoms with Crippen LogP contribution >= 0.6 is 0 Å². The third-order valence-electron chi connectivity index (χ3n) is 6.57. The average molecular weight is 458 g/mol. The second-order valence-electron chi connectivity index (χ2n) is 9.45. The van der Waals surface area contributed by atoms with Gasteiger partial charge in [0.2, 0.25) is 0 Å². The maximum Gasteiger partial charge on any atom is 0.328 e. The number of hydrogen-bond donors (Lipinski definition) is 0. The van der Waals surface area contributed by atoms with Gasteiger partial charge in [-0.2, -0.15) is 0 Å². The van der Waals surface area contributed by atoms with E-state index in [1.54, 1.807) is 24.3 Å². The van der Waals surface area contributed by atoms with Crippen molar-refractivity contribution in [2.45, 2.75) is 51.6 Å². The van der Waals surface area contributed by atoms with Crippen molar-refractivity contribution in [2.24, 2.45) is 16.7 Å². The van der Waals surface area contributed by atoms with Gasteiger partial charge in [-0.25, -0.2) is 0 Å². The summed E-state index contributed by atoms with van der Waals surface area (Å²) in [5, 5.41) is 0. The van der Waals surface area contributed by atoms with Crippen molar-refractivity contribution in [1.29, 1.82) is 0 Å². The van der Waals surface area contributed by atoms with Crippen LogP contribution in [0.3, 0.4) is 0 Å². The number of carbonyl (C=O) groups excluding carboxylic acids is 4. The van der Waals surface area contributed by atoms with Gasteiger partial charge in [0.15, 0.2) is 10.8 Å². The standard InChI is InChI=1S/C24H26O9/c1-7-14-12-23(17(25)30-21(2,3)31-18(23)26)16(13-8-10-15(29-6)11-9-13)24(14)19(27)32-22(4,5)33-20(24)28/h7-11,14,16H,1,12H2,2-6H3/t14-,16-/m1/s1. The summed E-state index contributed by atoms with van der Waals surface area (Å²) in [6, 6.07) is 6.37. The van der Waals surface area contributed by atoms with Crippen LogP contribution in [0, 0.1) is 16.7 Å². The molecule has 1 aromatic carbocycles. The van der Waals surface area contributed by atoms with Crippen molar-refractivity contribution >= 4 is 23.9 Å². The summed E-state index contributed by atoms with van der Waals surface area (Å²) in [4.78, 5) is 54.2. The van der Waals surface area contributed by atoms with Crippen LogP contribution in [0.25, 0.3) is 0 Å². The van der Waals surface area contributed by atoms with E-state index < -0.39 is 58.1 Å². The molecule has 176 valence electrons. The Bertz CT molecular complexity index is 1010. The highest BCUT2D eigenvalue weighted by molar-refractivity contribution is 6.11. The van der Waals surface area contributed by atoms with Gasteiger partial charge in [0, 0.05) is 39.5 Å². The van der Waals surface area contributed by atoms with Crippen molar-refractivity contribution in [1.82, 2.24) is 0 Å². The molecular weight excluding hydrogens is 432 g/mol. The van der Waals surface area contributed by atoms with Crippen molar-refractivity contribution < 1.29 is 42.9 Å². The normalized spacial score (nSPS) is 28.5. The fourth-order valence-corrected chi connectivity index (χ4v) is 5.23. The zero-order chi connectivity index (χ0) is 24.4. The van der Waals surface area contributed by atoms with Crippen LogP contribution in [-0.4, -0.2) is 42.6 Å². The molecule has 2 heterocycles. The lowest BCUT2D eigenvalue weighted by atomic mass is 9.63. The lowest BCUT2D eigenvalue weighted by Crippen LogP contribution is -2.61. The Balaban J connectivity index is 2.00. The van der Waals surface area contributed by atoms with E-state index in [1.807, 2.05) is 0 Å². The quantitative estimate of drug-likeness (QED) is 0.383. The molecule has 2 atom stereocenters. The zero-order valence-electron chi connectivity index (χ0n) is 19.1. The van der Waals surface area contributed by atoms with Gasteiger partial charge < -0.3 is 23.7 Å². The van der Waals surface area contributed by atoms with Gasteiger partial charge in [0.05, 0.1) is 7.11 Å². The van der Waals surface area contributed by atoms with Crippen molar-refractivity contribution in [3.05, 3.63) is 42.5 Å². The smallest absolute Gasteiger partial charge is 0.328 e. The van der Waals surface area contributed by atoms with Crippen molar-refractivity contribution in [3.63, 3.8) is 0 Å². The van der Waals surface area contributed by atoms with Crippen LogP contribution in [0.5, 0.6) is 5.75 Å². The maximum absolute atomic E-state index is 13.6. The molecule has 1 aromatic rings. The number of hydrogen-bond acceptors (Lipinski definition) is 9. The highest BCUT2D eigenvalue weighted by atomic mass is 16.8. The van der Waals surface area contributed by atoms with E-state index in [1.165, 1.54) is 40.9 Å². The number of benzene rings is 1. The number of allylic oxidation sites excluding steroid dienone is 1. The summed E-state index contributed by atoms with van der Waals surface area (Å²) in [7, 11) is 1.48. The first-order valence-electron chi connectivity index (χ1n) is 10.5. The minimum Gasteiger partial charge on any atom is -0.497 e. The lowest BCUT2D eigenvalue weighted by molar-refractivity contribution is -0.259. The van der Waals surface area contributed by atoms with E-state index >= 15 is 0 Å². The van der Waals surface area contributed by atoms with Gasteiger partial charge in [-0.1, -0.05) is 18.2 Å². The molecule has 2 saturated heterocycles. The number of ether oxygens (including phenoxy) is 5. The van der Waals surface area contributed by atoms with E-state index in [-0.39, 0.29) is 6.42 Å². The number of methoxy groups -OCH3 is 1. The Labute approximate surface area is 191 Å². The molecule has 1 aliphatic carbocycles. The van der Waals surface area contributed by atoms with Gasteiger partial charge in [-0.3, -0.25) is 19.2 Å². The van der Waals surface area contributed by atoms with E-state index in [4.69, 9.17) is 23.7 Å². The first-order valence-corrected chi connectivity index (χ1v) is 10.5. The SMILES string of the molecule is C=C[C@@H]1CC2(C(=O)OC(C)(C)OC2=O)[C@@H](c2ccc(OC)cc2)C12C(=O)OC(C)(C)OC2=O. The molecule has 0 radical (unpaired) electrons. The monoisotopic (exact) mass is 458 g/mol. The van der Waals surface area contributed by atoms with Crippen LogP contribution in [0.4, 0.5) is 0 Å². The summed E-state index contributed by atoms with van der Waals surface area (Å²) in [6.07, 6.45) is 1.12. The molecule has 0 unspecified atom stereocenters. The summed E-state index contributed by atoms with van der Waals surface area (Å²) in [5.41, 5.74) is -3.70. The minimum absolute atomic E-state index is 0.244. The molecule has 33 heavy (non-hydrogen) atoms. The second-order valence-corrected chi connectivity index (χ2v) is 9.45. The number of carbonyl (C=O) groups is 4. The predicted molar refractivity (Wildman–Crippen MR) is 111 cm³/mol. The third-order valence-corrected chi connectivity index (χ3v) is 6.57. The van der Waals surface area contributed by atoms with E-state index in [9.17, 15) is 19.2 Å². The fourth-order valence-electron chi connectivity index (χ4n) is 5.23. The number of esters is 4. The molecule has 0 N–H and O–H groups in total. The van der Waals surface area contributed by atoms with Crippen LogP contribution in [0.2, 0.25) is 0 Å². The van der Waals surface area contributed by atoms with Gasteiger partial charge in [-0.05, 0) is 24.1 Å². The number of rotatable bonds is 3. The Morgan fingerprint density at radius 2 is 1.30 bits per heavy atom. The lowest BCUT2D eigenvalue weighted by Gasteiger charge is -2.46. The molecule has 0 amide bonds. The molecule has 9 heteroatoms. The van der Waals surface area contributed by atoms with E-state index in [2.05, 4.69) is 6.58 Å². The zero-order valence-corrected chi connectivity index (χ0v) is 19.1. The molecule has 2 spiro atoms. The van der Waals surface area contributed by atoms with Gasteiger partial charge in [-0.15, -0.1) is 6.58 Å². The average Bonchev–Trinajstić information content (AvgIpc) is 3.03. The second kappa shape index (κ2) is 7.07. The third kappa shape index (κ3) is 3.05. The van der Waals surface area contributed by atoms with Gasteiger partial charge >= 0.3 is 23.9 Å². The number of cyclic esters (lactones) is 4. The van der Waals surface area contributed by atoms with E-state index in [0.29, 0.717) is 11.3 Å². The molecule has 1 saturated carbocycles. The van der Waals surface area contributed by atoms with Crippen molar-refractivity contribution in [3.8, 4) is 5.75 Å². The molecule has 2 aliphatic heterocycles. The Morgan fingerprint density at radius 3 is 1.73 bits per heavy atom. The topological polar surface area (TPSA) is 114 Å². The summed E-state index contributed by atoms with van der Waals surface area (Å²) in [5.74, 6) is -8.40. The Kier molecular flexibility index (Phi) is 4.89. The van der Waals surface area contributed by atoms with Gasteiger partial charge in [0.25, 0.3) is 11.6 Å². The molecular formula is C24H26O9. The Hall–Kier alpha value is -3.36. The summed E-state index contributed by atoms with van der Waals surface area (Å²) in [6.45, 7) is 9.49. The maximum atomic E-state index is 13.6. The largest absolute Gasteiger partial charge is 0.497 e. The first-order chi connectivity index (χ1) is 15.3. The predicted octanol–water partition coefficient (Wildman–Crippen LogP) is 2.63. The Morgan fingerprint density at radius 1 is 0.848 bits per heavy atom. The molecule has 4 rings (SSSR count). The molecule has 0 bridgehead atoms. The van der Waals surface area contributed by atoms with Crippen molar-refractivity contribution in [2.75, 3.05) is 7.11 Å². The fraction of sp³-hybridized carbons (Fsp3) is 0.500. The van der Waals surface area contributed by atoms with Crippen LogP contribution in [0.15, 0.2) is 36.9 Å². The summed E-state index contributed by atoms with van der Waals surface area (Å²) >= 11 is 0. The molecule has 9 nitrogen and oxygen atoms in total. The minimum atomic E-state index is -2.05. The van der Waals surface area contributed by atoms with Gasteiger partial charge in [0.1, 0.15) is 5.75 Å². The van der Waals surface area contributed by atoms with E-state index in [0.717, 1.165) is 0 Å². The van der Waals surface area contributed by atoms with Crippen LogP contribution in [0.1, 0.15) is 45.6 Å². The first kappa shape index (κ1) is 22.8. The molecule has 3 aliphatic rings. The van der Waals surface area contributed by atoms with Crippen LogP contribution < -0.4 is 4.74 Å².